The van der Waals surface area contributed by atoms with E-state index in [9.17, 15) is 14.3 Å². The highest BCUT2D eigenvalue weighted by Crippen LogP contribution is 2.47. The van der Waals surface area contributed by atoms with Crippen LogP contribution in [0.3, 0.4) is 0 Å². The summed E-state index contributed by atoms with van der Waals surface area (Å²) in [6.07, 6.45) is 3.18. The van der Waals surface area contributed by atoms with E-state index in [0.29, 0.717) is 22.4 Å². The normalized spacial score (nSPS) is 14.2. The number of nitrogens with zero attached hydrogens (tertiary/aromatic N) is 2. The second-order valence-corrected chi connectivity index (χ2v) is 7.91. The van der Waals surface area contributed by atoms with Crippen LogP contribution in [0, 0.1) is 5.82 Å². The number of hydrogen-bond donors (Lipinski definition) is 3. The molecule has 0 saturated heterocycles. The number of hydrogen-bond acceptors (Lipinski definition) is 4. The Hall–Kier alpha value is -4.52. The maximum atomic E-state index is 13.8. The summed E-state index contributed by atoms with van der Waals surface area (Å²) in [5.74, 6) is -0.781. The Kier molecular flexibility index (Phi) is 4.23. The van der Waals surface area contributed by atoms with E-state index < -0.39 is 11.6 Å². The number of H-pyrrole nitrogens is 1. The molecule has 2 heterocycles. The lowest BCUT2D eigenvalue weighted by Gasteiger charge is -2.16. The van der Waals surface area contributed by atoms with Gasteiger partial charge in [0.1, 0.15) is 5.82 Å². The summed E-state index contributed by atoms with van der Waals surface area (Å²) in [5.41, 5.74) is 6.21. The Bertz CT molecular complexity index is 1510. The highest BCUT2D eigenvalue weighted by molar-refractivity contribution is 5.97. The zero-order chi connectivity index (χ0) is 22.5. The van der Waals surface area contributed by atoms with Crippen molar-refractivity contribution in [1.82, 2.24) is 20.3 Å². The molecule has 0 radical (unpaired) electrons. The number of carbonyl (C=O) groups excluding carboxylic acids is 1. The first kappa shape index (κ1) is 19.2. The van der Waals surface area contributed by atoms with Crippen LogP contribution in [-0.4, -0.2) is 26.0 Å². The van der Waals surface area contributed by atoms with E-state index in [1.807, 2.05) is 42.5 Å². The molecule has 0 aliphatic heterocycles. The number of halogens is 1. The number of amides is 1. The van der Waals surface area contributed by atoms with E-state index in [2.05, 4.69) is 20.3 Å². The average Bonchev–Trinajstić information content (AvgIpc) is 3.39. The Morgan fingerprint density at radius 2 is 1.73 bits per heavy atom. The predicted molar refractivity (Wildman–Crippen MR) is 122 cm³/mol. The third-order valence-electron chi connectivity index (χ3n) is 5.97. The third-order valence-corrected chi connectivity index (χ3v) is 5.97. The number of pyridine rings is 1. The quantitative estimate of drug-likeness (QED) is 0.372. The molecule has 1 aliphatic rings. The van der Waals surface area contributed by atoms with Gasteiger partial charge in [-0.25, -0.2) is 9.37 Å². The summed E-state index contributed by atoms with van der Waals surface area (Å²) >= 11 is 0. The van der Waals surface area contributed by atoms with Crippen LogP contribution in [0.15, 0.2) is 79.1 Å². The molecule has 0 fully saturated rings. The Morgan fingerprint density at radius 3 is 2.58 bits per heavy atom. The average molecular weight is 436 g/mol. The zero-order valence-electron chi connectivity index (χ0n) is 17.2. The minimum absolute atomic E-state index is 0.190. The van der Waals surface area contributed by atoms with Gasteiger partial charge in [0.25, 0.3) is 5.91 Å². The van der Waals surface area contributed by atoms with Crippen LogP contribution in [0.5, 0.6) is 5.75 Å². The smallest absolute Gasteiger partial charge is 0.252 e. The topological polar surface area (TPSA) is 90.9 Å². The first-order valence-electron chi connectivity index (χ1n) is 10.4. The molecule has 0 saturated carbocycles. The fourth-order valence-corrected chi connectivity index (χ4v) is 4.47. The van der Waals surface area contributed by atoms with Crippen LogP contribution >= 0.6 is 0 Å². The molecule has 1 unspecified atom stereocenters. The lowest BCUT2D eigenvalue weighted by atomic mass is 9.98. The largest absolute Gasteiger partial charge is 0.505 e. The van der Waals surface area contributed by atoms with Crippen LogP contribution in [0.4, 0.5) is 4.39 Å². The lowest BCUT2D eigenvalue weighted by Crippen LogP contribution is -2.28. The van der Waals surface area contributed by atoms with Gasteiger partial charge in [0.15, 0.2) is 11.6 Å². The number of nitrogens with one attached hydrogen (secondary N) is 2. The van der Waals surface area contributed by atoms with Crippen LogP contribution < -0.4 is 5.32 Å². The third kappa shape index (κ3) is 3.05. The molecule has 3 aromatic carbocycles. The fraction of sp³-hybridized carbons (Fsp3) is 0.0385. The number of aromatic nitrogens is 3. The molecule has 0 spiro atoms. The van der Waals surface area contributed by atoms with Crippen molar-refractivity contribution in [2.75, 3.05) is 0 Å². The van der Waals surface area contributed by atoms with E-state index >= 15 is 0 Å². The van der Waals surface area contributed by atoms with Crippen molar-refractivity contribution in [3.8, 4) is 28.3 Å². The standard InChI is InChI=1S/C26H17FN4O2/c27-19-12-20-21(13-22(19)32)30-25(29-20)18-7-3-6-17-23(18)15-4-1-2-5-16(15)24(17)31-26(33)14-8-10-28-11-9-14/h1-13,24,32H,(H,29,30)(H,31,33). The molecule has 6 rings (SSSR count). The molecular formula is C26H17FN4O2. The van der Waals surface area contributed by atoms with Gasteiger partial charge >= 0.3 is 0 Å². The maximum absolute atomic E-state index is 13.8. The Labute approximate surface area is 187 Å². The summed E-state index contributed by atoms with van der Waals surface area (Å²) in [7, 11) is 0. The summed E-state index contributed by atoms with van der Waals surface area (Å²) in [6, 6.07) is 19.3. The Balaban J connectivity index is 1.49. The zero-order valence-corrected chi connectivity index (χ0v) is 17.2. The molecule has 1 aliphatic carbocycles. The van der Waals surface area contributed by atoms with Crippen LogP contribution in [0.2, 0.25) is 0 Å². The van der Waals surface area contributed by atoms with Crippen molar-refractivity contribution < 1.29 is 14.3 Å². The molecule has 3 N–H and O–H groups in total. The van der Waals surface area contributed by atoms with Crippen molar-refractivity contribution in [2.24, 2.45) is 0 Å². The van der Waals surface area contributed by atoms with Crippen LogP contribution in [-0.2, 0) is 0 Å². The second kappa shape index (κ2) is 7.27. The molecule has 7 heteroatoms. The molecule has 33 heavy (non-hydrogen) atoms. The first-order chi connectivity index (χ1) is 16.1. The molecule has 1 atom stereocenters. The van der Waals surface area contributed by atoms with Crippen LogP contribution in [0.25, 0.3) is 33.5 Å². The molecule has 5 aromatic rings. The predicted octanol–water partition coefficient (Wildman–Crippen LogP) is 4.97. The summed E-state index contributed by atoms with van der Waals surface area (Å²) < 4.78 is 13.8. The summed E-state index contributed by atoms with van der Waals surface area (Å²) in [5, 5.41) is 12.9. The fourth-order valence-electron chi connectivity index (χ4n) is 4.47. The number of fused-ring (bicyclic) bond motifs is 4. The van der Waals surface area contributed by atoms with Gasteiger partial charge in [-0.2, -0.15) is 0 Å². The van der Waals surface area contributed by atoms with Gasteiger partial charge in [-0.05, 0) is 34.4 Å². The molecule has 2 aromatic heterocycles. The van der Waals surface area contributed by atoms with E-state index in [1.54, 1.807) is 24.5 Å². The van der Waals surface area contributed by atoms with E-state index in [4.69, 9.17) is 0 Å². The second-order valence-electron chi connectivity index (χ2n) is 7.91. The van der Waals surface area contributed by atoms with Gasteiger partial charge in [-0.15, -0.1) is 0 Å². The number of benzene rings is 3. The SMILES string of the molecule is O=C(NC1c2ccccc2-c2c(-c3nc4cc(O)c(F)cc4[nH]3)cccc21)c1ccncc1. The highest BCUT2D eigenvalue weighted by atomic mass is 19.1. The maximum Gasteiger partial charge on any atom is 0.252 e. The number of carbonyl (C=O) groups is 1. The number of imidazole rings is 1. The minimum atomic E-state index is -0.708. The molecule has 6 nitrogen and oxygen atoms in total. The molecule has 0 bridgehead atoms. The van der Waals surface area contributed by atoms with Gasteiger partial charge in [0, 0.05) is 35.7 Å². The van der Waals surface area contributed by atoms with Crippen molar-refractivity contribution in [3.05, 3.63) is 102 Å². The number of phenols is 1. The van der Waals surface area contributed by atoms with Crippen molar-refractivity contribution in [1.29, 1.82) is 0 Å². The van der Waals surface area contributed by atoms with Crippen molar-refractivity contribution in [2.45, 2.75) is 6.04 Å². The Morgan fingerprint density at radius 1 is 0.970 bits per heavy atom. The van der Waals surface area contributed by atoms with Crippen molar-refractivity contribution in [3.63, 3.8) is 0 Å². The van der Waals surface area contributed by atoms with Gasteiger partial charge in [-0.3, -0.25) is 9.78 Å². The van der Waals surface area contributed by atoms with Gasteiger partial charge in [0.2, 0.25) is 0 Å². The van der Waals surface area contributed by atoms with Gasteiger partial charge in [-0.1, -0.05) is 42.5 Å². The van der Waals surface area contributed by atoms with Crippen molar-refractivity contribution >= 4 is 16.9 Å². The lowest BCUT2D eigenvalue weighted by molar-refractivity contribution is 0.0943. The number of rotatable bonds is 3. The number of aromatic amines is 1. The minimum Gasteiger partial charge on any atom is -0.505 e. The summed E-state index contributed by atoms with van der Waals surface area (Å²) in [4.78, 5) is 24.7. The van der Waals surface area contributed by atoms with Crippen LogP contribution in [0.1, 0.15) is 27.5 Å². The van der Waals surface area contributed by atoms with Gasteiger partial charge in [0.05, 0.1) is 17.1 Å². The monoisotopic (exact) mass is 436 g/mol. The molecule has 160 valence electrons. The molecule has 1 amide bonds. The van der Waals surface area contributed by atoms with E-state index in [1.165, 1.54) is 12.1 Å². The number of aromatic hydroxyl groups is 1. The highest BCUT2D eigenvalue weighted by Gasteiger charge is 2.32. The molecular weight excluding hydrogens is 419 g/mol. The van der Waals surface area contributed by atoms with E-state index in [-0.39, 0.29) is 11.9 Å². The number of phenolic OH excluding ortho intramolecular Hbond substituents is 1. The first-order valence-corrected chi connectivity index (χ1v) is 10.4. The van der Waals surface area contributed by atoms with Gasteiger partial charge < -0.3 is 15.4 Å². The van der Waals surface area contributed by atoms with E-state index in [0.717, 1.165) is 27.8 Å². The summed E-state index contributed by atoms with van der Waals surface area (Å²) in [6.45, 7) is 0.